The zero-order valence-corrected chi connectivity index (χ0v) is 11.7. The summed E-state index contributed by atoms with van der Waals surface area (Å²) in [6, 6.07) is 5.34. The summed E-state index contributed by atoms with van der Waals surface area (Å²) >= 11 is 0. The van der Waals surface area contributed by atoms with Crippen LogP contribution < -0.4 is 4.90 Å². The topological polar surface area (TPSA) is 21.7 Å². The molecule has 0 amide bonds. The van der Waals surface area contributed by atoms with E-state index in [0.717, 1.165) is 6.07 Å². The van der Waals surface area contributed by atoms with Crippen LogP contribution in [0.1, 0.15) is 12.5 Å². The Morgan fingerprint density at radius 1 is 1.15 bits per heavy atom. The van der Waals surface area contributed by atoms with Crippen molar-refractivity contribution in [2.45, 2.75) is 13.1 Å². The van der Waals surface area contributed by atoms with E-state index in [1.165, 1.54) is 12.1 Å². The predicted octanol–water partition coefficient (Wildman–Crippen LogP) is 3.19. The van der Waals surface area contributed by atoms with Gasteiger partial charge in [0.2, 0.25) is 0 Å². The van der Waals surface area contributed by atoms with Gasteiger partial charge in [0.25, 0.3) is 0 Å². The fourth-order valence-electron chi connectivity index (χ4n) is 1.77. The van der Waals surface area contributed by atoms with E-state index in [1.807, 2.05) is 11.8 Å². The summed E-state index contributed by atoms with van der Waals surface area (Å²) < 4.78 is 48.2. The number of methoxy groups -OCH3 is 1. The number of ether oxygens (including phenoxy) is 2. The highest BCUT2D eigenvalue weighted by Crippen LogP contribution is 2.31. The second-order valence-electron chi connectivity index (χ2n) is 4.23. The van der Waals surface area contributed by atoms with Crippen LogP contribution in [-0.4, -0.2) is 40.0 Å². The molecule has 1 aromatic rings. The molecule has 0 heterocycles. The molecule has 6 heteroatoms. The van der Waals surface area contributed by atoms with Crippen LogP contribution in [0.5, 0.6) is 0 Å². The van der Waals surface area contributed by atoms with Gasteiger partial charge >= 0.3 is 6.18 Å². The quantitative estimate of drug-likeness (QED) is 0.687. The van der Waals surface area contributed by atoms with Gasteiger partial charge < -0.3 is 14.4 Å². The molecular weight excluding hydrogens is 271 g/mol. The molecule has 0 saturated heterocycles. The van der Waals surface area contributed by atoms with Crippen LogP contribution in [0.25, 0.3) is 0 Å². The summed E-state index contributed by atoms with van der Waals surface area (Å²) in [4.78, 5) is 1.85. The molecule has 0 aliphatic rings. The number of likely N-dealkylation sites (N-methyl/N-ethyl adjacent to an activating group) is 1. The zero-order valence-electron chi connectivity index (χ0n) is 11.7. The smallest absolute Gasteiger partial charge is 0.382 e. The number of nitrogens with zero attached hydrogens (tertiary/aromatic N) is 1. The summed E-state index contributed by atoms with van der Waals surface area (Å²) in [6.07, 6.45) is -4.32. The standard InChI is InChI=1S/C14H20F3NO2/c1-3-18(7-8-20-10-9-19-2)13-6-4-5-12(11-13)14(15,16)17/h4-6,11H,3,7-10H2,1-2H3. The van der Waals surface area contributed by atoms with Gasteiger partial charge in [-0.3, -0.25) is 0 Å². The lowest BCUT2D eigenvalue weighted by molar-refractivity contribution is -0.137. The van der Waals surface area contributed by atoms with Crippen LogP contribution in [0.15, 0.2) is 24.3 Å². The van der Waals surface area contributed by atoms with Crippen LogP contribution in [-0.2, 0) is 15.7 Å². The Bertz CT molecular complexity index is 396. The summed E-state index contributed by atoms with van der Waals surface area (Å²) in [5.41, 5.74) is -0.0774. The van der Waals surface area contributed by atoms with E-state index >= 15 is 0 Å². The lowest BCUT2D eigenvalue weighted by Gasteiger charge is -2.24. The Morgan fingerprint density at radius 3 is 2.50 bits per heavy atom. The van der Waals surface area contributed by atoms with Crippen molar-refractivity contribution in [2.75, 3.05) is 44.9 Å². The molecular formula is C14H20F3NO2. The molecule has 0 N–H and O–H groups in total. The fraction of sp³-hybridized carbons (Fsp3) is 0.571. The van der Waals surface area contributed by atoms with Gasteiger partial charge in [0.15, 0.2) is 0 Å². The lowest BCUT2D eigenvalue weighted by Crippen LogP contribution is -2.27. The summed E-state index contributed by atoms with van der Waals surface area (Å²) in [7, 11) is 1.59. The van der Waals surface area contributed by atoms with Gasteiger partial charge in [-0.15, -0.1) is 0 Å². The predicted molar refractivity (Wildman–Crippen MR) is 72.0 cm³/mol. The molecule has 0 aliphatic heterocycles. The Labute approximate surface area is 117 Å². The number of alkyl halides is 3. The molecule has 0 spiro atoms. The first-order chi connectivity index (χ1) is 9.49. The highest BCUT2D eigenvalue weighted by molar-refractivity contribution is 5.49. The van der Waals surface area contributed by atoms with E-state index < -0.39 is 11.7 Å². The van der Waals surface area contributed by atoms with E-state index in [9.17, 15) is 13.2 Å². The fourth-order valence-corrected chi connectivity index (χ4v) is 1.77. The Morgan fingerprint density at radius 2 is 1.90 bits per heavy atom. The summed E-state index contributed by atoms with van der Waals surface area (Å²) in [5, 5.41) is 0. The van der Waals surface area contributed by atoms with Crippen molar-refractivity contribution < 1.29 is 22.6 Å². The van der Waals surface area contributed by atoms with E-state index in [4.69, 9.17) is 9.47 Å². The number of benzene rings is 1. The van der Waals surface area contributed by atoms with Gasteiger partial charge in [0.05, 0.1) is 25.4 Å². The third-order valence-corrected chi connectivity index (χ3v) is 2.86. The maximum absolute atomic E-state index is 12.7. The monoisotopic (exact) mass is 291 g/mol. The molecule has 0 fully saturated rings. The number of hydrogen-bond acceptors (Lipinski definition) is 3. The van der Waals surface area contributed by atoms with Crippen LogP contribution in [0, 0.1) is 0 Å². The van der Waals surface area contributed by atoms with Crippen LogP contribution in [0.3, 0.4) is 0 Å². The van der Waals surface area contributed by atoms with E-state index in [-0.39, 0.29) is 0 Å². The Balaban J connectivity index is 2.61. The molecule has 3 nitrogen and oxygen atoms in total. The van der Waals surface area contributed by atoms with Gasteiger partial charge in [-0.1, -0.05) is 6.07 Å². The van der Waals surface area contributed by atoms with Crippen molar-refractivity contribution in [3.8, 4) is 0 Å². The number of anilines is 1. The van der Waals surface area contributed by atoms with E-state index in [1.54, 1.807) is 13.2 Å². The third-order valence-electron chi connectivity index (χ3n) is 2.86. The molecule has 0 unspecified atom stereocenters. The maximum atomic E-state index is 12.7. The summed E-state index contributed by atoms with van der Waals surface area (Å²) in [5.74, 6) is 0. The van der Waals surface area contributed by atoms with Crippen LogP contribution in [0.4, 0.5) is 18.9 Å². The SMILES string of the molecule is CCN(CCOCCOC)c1cccc(C(F)(F)F)c1. The largest absolute Gasteiger partial charge is 0.416 e. The minimum atomic E-state index is -4.32. The van der Waals surface area contributed by atoms with E-state index in [2.05, 4.69) is 0 Å². The second kappa shape index (κ2) is 8.11. The lowest BCUT2D eigenvalue weighted by atomic mass is 10.2. The third kappa shape index (κ3) is 5.38. The van der Waals surface area contributed by atoms with Gasteiger partial charge in [-0.25, -0.2) is 0 Å². The van der Waals surface area contributed by atoms with Crippen molar-refractivity contribution in [2.24, 2.45) is 0 Å². The molecule has 0 aromatic heterocycles. The molecule has 0 radical (unpaired) electrons. The maximum Gasteiger partial charge on any atom is 0.416 e. The number of rotatable bonds is 8. The molecule has 0 aliphatic carbocycles. The second-order valence-corrected chi connectivity index (χ2v) is 4.23. The highest BCUT2D eigenvalue weighted by atomic mass is 19.4. The van der Waals surface area contributed by atoms with Crippen molar-refractivity contribution in [3.05, 3.63) is 29.8 Å². The molecule has 1 rings (SSSR count). The molecule has 20 heavy (non-hydrogen) atoms. The molecule has 0 saturated carbocycles. The molecule has 114 valence electrons. The number of halogens is 3. The van der Waals surface area contributed by atoms with Crippen LogP contribution in [0.2, 0.25) is 0 Å². The minimum Gasteiger partial charge on any atom is -0.382 e. The van der Waals surface area contributed by atoms with Crippen molar-refractivity contribution in [1.82, 2.24) is 0 Å². The number of hydrogen-bond donors (Lipinski definition) is 0. The molecule has 0 atom stereocenters. The van der Waals surface area contributed by atoms with Crippen molar-refractivity contribution in [1.29, 1.82) is 0 Å². The first-order valence-electron chi connectivity index (χ1n) is 6.48. The first kappa shape index (κ1) is 16.8. The van der Waals surface area contributed by atoms with E-state index in [0.29, 0.717) is 38.6 Å². The Hall–Kier alpha value is -1.27. The van der Waals surface area contributed by atoms with Crippen molar-refractivity contribution in [3.63, 3.8) is 0 Å². The average molecular weight is 291 g/mol. The highest BCUT2D eigenvalue weighted by Gasteiger charge is 2.30. The zero-order chi connectivity index (χ0) is 15.0. The minimum absolute atomic E-state index is 0.452. The average Bonchev–Trinajstić information content (AvgIpc) is 2.42. The molecule has 0 bridgehead atoms. The van der Waals surface area contributed by atoms with Gasteiger partial charge in [0.1, 0.15) is 0 Å². The van der Waals surface area contributed by atoms with Crippen molar-refractivity contribution >= 4 is 5.69 Å². The molecule has 1 aromatic carbocycles. The van der Waals surface area contributed by atoms with Gasteiger partial charge in [-0.05, 0) is 25.1 Å². The Kier molecular flexibility index (Phi) is 6.81. The first-order valence-corrected chi connectivity index (χ1v) is 6.48. The normalized spacial score (nSPS) is 11.7. The van der Waals surface area contributed by atoms with Gasteiger partial charge in [0, 0.05) is 25.9 Å². The van der Waals surface area contributed by atoms with Crippen LogP contribution >= 0.6 is 0 Å². The van der Waals surface area contributed by atoms with Gasteiger partial charge in [-0.2, -0.15) is 13.2 Å². The summed E-state index contributed by atoms with van der Waals surface area (Å²) in [6.45, 7) is 4.51.